The van der Waals surface area contributed by atoms with Gasteiger partial charge in [-0.15, -0.1) is 6.58 Å². The fourth-order valence-electron chi connectivity index (χ4n) is 3.54. The number of amides is 2. The van der Waals surface area contributed by atoms with Gasteiger partial charge in [0.2, 0.25) is 0 Å². The Kier molecular flexibility index (Phi) is 7.47. The highest BCUT2D eigenvalue weighted by Gasteiger charge is 2.35. The molecular formula is C25H24N2O6S. The lowest BCUT2D eigenvalue weighted by atomic mass is 10.0. The number of aliphatic carboxylic acids is 1. The molecular weight excluding hydrogens is 456 g/mol. The van der Waals surface area contributed by atoms with E-state index in [4.69, 9.17) is 26.8 Å². The Morgan fingerprint density at radius 1 is 1.26 bits per heavy atom. The Bertz CT molecular complexity index is 1230. The number of nitrogens with zero attached hydrogens (tertiary/aromatic N) is 1. The van der Waals surface area contributed by atoms with E-state index in [2.05, 4.69) is 11.9 Å². The number of anilines is 1. The first-order valence-electron chi connectivity index (χ1n) is 10.3. The predicted octanol–water partition coefficient (Wildman–Crippen LogP) is 3.34. The number of hydrogen-bond donors (Lipinski definition) is 2. The maximum absolute atomic E-state index is 13.4. The maximum Gasteiger partial charge on any atom is 0.341 e. The second-order valence-electron chi connectivity index (χ2n) is 7.56. The summed E-state index contributed by atoms with van der Waals surface area (Å²) in [6, 6.07) is 8.75. The van der Waals surface area contributed by atoms with Crippen LogP contribution in [0.15, 0.2) is 48.6 Å². The summed E-state index contributed by atoms with van der Waals surface area (Å²) < 4.78 is 10.8. The number of benzene rings is 2. The summed E-state index contributed by atoms with van der Waals surface area (Å²) in [5, 5.41) is 11.6. The average molecular weight is 481 g/mol. The number of methoxy groups -OCH3 is 1. The van der Waals surface area contributed by atoms with Gasteiger partial charge in [0.15, 0.2) is 23.2 Å². The molecule has 0 spiro atoms. The molecule has 1 saturated heterocycles. The van der Waals surface area contributed by atoms with Crippen molar-refractivity contribution in [3.05, 3.63) is 70.8 Å². The monoisotopic (exact) mass is 480 g/mol. The largest absolute Gasteiger partial charge is 0.493 e. The molecule has 0 unspecified atom stereocenters. The van der Waals surface area contributed by atoms with Crippen LogP contribution in [0.1, 0.15) is 22.3 Å². The lowest BCUT2D eigenvalue weighted by molar-refractivity contribution is -0.139. The predicted molar refractivity (Wildman–Crippen MR) is 132 cm³/mol. The average Bonchev–Trinajstić information content (AvgIpc) is 2.78. The van der Waals surface area contributed by atoms with Crippen LogP contribution in [0.5, 0.6) is 11.5 Å². The zero-order chi connectivity index (χ0) is 25.0. The zero-order valence-electron chi connectivity index (χ0n) is 19.0. The lowest BCUT2D eigenvalue weighted by Crippen LogP contribution is -2.54. The summed E-state index contributed by atoms with van der Waals surface area (Å²) in [6.07, 6.45) is 3.41. The van der Waals surface area contributed by atoms with Crippen molar-refractivity contribution in [1.82, 2.24) is 5.32 Å². The molecule has 9 heteroatoms. The van der Waals surface area contributed by atoms with Crippen molar-refractivity contribution < 1.29 is 29.0 Å². The number of carboxylic acid groups (broad SMARTS) is 1. The number of hydrogen-bond acceptors (Lipinski definition) is 6. The molecule has 1 heterocycles. The molecule has 8 nitrogen and oxygen atoms in total. The van der Waals surface area contributed by atoms with Crippen molar-refractivity contribution >= 4 is 46.9 Å². The van der Waals surface area contributed by atoms with E-state index in [1.54, 1.807) is 24.3 Å². The van der Waals surface area contributed by atoms with Crippen LogP contribution >= 0.6 is 12.2 Å². The first-order valence-corrected chi connectivity index (χ1v) is 10.7. The third-order valence-corrected chi connectivity index (χ3v) is 5.59. The minimum absolute atomic E-state index is 0.00296. The summed E-state index contributed by atoms with van der Waals surface area (Å²) in [6.45, 7) is 6.97. The van der Waals surface area contributed by atoms with Crippen molar-refractivity contribution in [3.63, 3.8) is 0 Å². The molecule has 0 atom stereocenters. The number of thiocarbonyl (C=S) groups is 1. The third-order valence-electron chi connectivity index (χ3n) is 5.31. The van der Waals surface area contributed by atoms with Gasteiger partial charge < -0.3 is 14.6 Å². The topological polar surface area (TPSA) is 105 Å². The summed E-state index contributed by atoms with van der Waals surface area (Å²) in [7, 11) is 1.41. The van der Waals surface area contributed by atoms with Crippen LogP contribution in [0.2, 0.25) is 0 Å². The van der Waals surface area contributed by atoms with Gasteiger partial charge in [0.1, 0.15) is 5.57 Å². The number of aryl methyl sites for hydroxylation is 1. The minimum Gasteiger partial charge on any atom is -0.493 e. The minimum atomic E-state index is -1.13. The molecule has 1 fully saturated rings. The molecule has 34 heavy (non-hydrogen) atoms. The van der Waals surface area contributed by atoms with Crippen molar-refractivity contribution in [2.45, 2.75) is 20.3 Å². The van der Waals surface area contributed by atoms with E-state index in [1.165, 1.54) is 18.1 Å². The van der Waals surface area contributed by atoms with Crippen LogP contribution in [0.25, 0.3) is 6.08 Å². The van der Waals surface area contributed by atoms with Gasteiger partial charge in [0.25, 0.3) is 11.8 Å². The smallest absolute Gasteiger partial charge is 0.341 e. The van der Waals surface area contributed by atoms with E-state index in [0.29, 0.717) is 23.2 Å². The van der Waals surface area contributed by atoms with E-state index in [1.807, 2.05) is 26.0 Å². The normalized spacial score (nSPS) is 14.7. The summed E-state index contributed by atoms with van der Waals surface area (Å²) in [5.74, 6) is -1.79. The van der Waals surface area contributed by atoms with Gasteiger partial charge >= 0.3 is 5.97 Å². The number of nitrogens with one attached hydrogen (secondary N) is 1. The van der Waals surface area contributed by atoms with Gasteiger partial charge in [0.05, 0.1) is 12.8 Å². The highest BCUT2D eigenvalue weighted by atomic mass is 32.1. The van der Waals surface area contributed by atoms with Crippen LogP contribution in [0.4, 0.5) is 5.69 Å². The van der Waals surface area contributed by atoms with Gasteiger partial charge in [-0.3, -0.25) is 19.8 Å². The van der Waals surface area contributed by atoms with E-state index in [9.17, 15) is 14.4 Å². The van der Waals surface area contributed by atoms with Gasteiger partial charge in [-0.05, 0) is 73.5 Å². The Labute approximate surface area is 202 Å². The number of ether oxygens (including phenoxy) is 2. The number of carbonyl (C=O) groups is 3. The Balaban J connectivity index is 2.08. The quantitative estimate of drug-likeness (QED) is 0.258. The molecule has 1 aliphatic rings. The second kappa shape index (κ2) is 10.3. The van der Waals surface area contributed by atoms with Crippen LogP contribution < -0.4 is 19.7 Å². The molecule has 0 saturated carbocycles. The van der Waals surface area contributed by atoms with Crippen LogP contribution in [-0.2, 0) is 20.8 Å². The lowest BCUT2D eigenvalue weighted by Gasteiger charge is -2.30. The van der Waals surface area contributed by atoms with Crippen molar-refractivity contribution in [1.29, 1.82) is 0 Å². The number of carbonyl (C=O) groups excluding carboxylic acids is 2. The number of rotatable bonds is 8. The summed E-state index contributed by atoms with van der Waals surface area (Å²) in [5.41, 5.74) is 3.40. The Morgan fingerprint density at radius 3 is 2.65 bits per heavy atom. The van der Waals surface area contributed by atoms with Gasteiger partial charge in [-0.1, -0.05) is 18.2 Å². The molecule has 0 aliphatic carbocycles. The van der Waals surface area contributed by atoms with Gasteiger partial charge in [0, 0.05) is 5.56 Å². The fourth-order valence-corrected chi connectivity index (χ4v) is 3.82. The molecule has 3 rings (SSSR count). The van der Waals surface area contributed by atoms with Gasteiger partial charge in [-0.25, -0.2) is 4.79 Å². The molecule has 0 radical (unpaired) electrons. The van der Waals surface area contributed by atoms with E-state index < -0.39 is 24.4 Å². The van der Waals surface area contributed by atoms with Crippen molar-refractivity contribution in [3.8, 4) is 11.5 Å². The molecule has 176 valence electrons. The highest BCUT2D eigenvalue weighted by Crippen LogP contribution is 2.35. The number of carboxylic acids is 1. The highest BCUT2D eigenvalue weighted by molar-refractivity contribution is 7.80. The third kappa shape index (κ3) is 4.99. The van der Waals surface area contributed by atoms with Crippen LogP contribution in [0.3, 0.4) is 0 Å². The second-order valence-corrected chi connectivity index (χ2v) is 7.95. The molecule has 1 aliphatic heterocycles. The maximum atomic E-state index is 13.4. The summed E-state index contributed by atoms with van der Waals surface area (Å²) in [4.78, 5) is 38.4. The molecule has 0 bridgehead atoms. The molecule has 2 aromatic rings. The van der Waals surface area contributed by atoms with Gasteiger partial charge in [-0.2, -0.15) is 0 Å². The first-order chi connectivity index (χ1) is 16.2. The van der Waals surface area contributed by atoms with E-state index >= 15 is 0 Å². The molecule has 2 aromatic carbocycles. The van der Waals surface area contributed by atoms with E-state index in [-0.39, 0.29) is 22.2 Å². The van der Waals surface area contributed by atoms with E-state index in [0.717, 1.165) is 11.1 Å². The molecule has 0 aromatic heterocycles. The fraction of sp³-hybridized carbons (Fsp3) is 0.200. The Morgan fingerprint density at radius 2 is 2.00 bits per heavy atom. The Hall–Kier alpha value is -3.98. The first kappa shape index (κ1) is 24.7. The molecule has 2 N–H and O–H groups in total. The van der Waals surface area contributed by atoms with Crippen molar-refractivity contribution in [2.75, 3.05) is 18.6 Å². The SMILES string of the molecule is C=CCc1cc(/C=C2\C(=O)NC(=S)N(c3cccc(C)c3C)C2=O)cc(OC)c1OCC(=O)O. The zero-order valence-corrected chi connectivity index (χ0v) is 19.8. The standard InChI is InChI=1S/C25H24N2O6S/c1-5-7-17-10-16(12-20(32-4)22(17)33-13-21(28)29)11-18-23(30)26-25(34)27(24(18)31)19-9-6-8-14(2)15(19)3/h5-6,8-12H,1,7,13H2,2-4H3,(H,28,29)(H,26,30,34)/b18-11+. The summed E-state index contributed by atoms with van der Waals surface area (Å²) >= 11 is 5.30. The van der Waals surface area contributed by atoms with Crippen molar-refractivity contribution in [2.24, 2.45) is 0 Å². The molecule has 2 amide bonds. The van der Waals surface area contributed by atoms with Crippen LogP contribution in [0, 0.1) is 13.8 Å². The van der Waals surface area contributed by atoms with Crippen LogP contribution in [-0.4, -0.2) is 41.7 Å². The number of allylic oxidation sites excluding steroid dienone is 1.